The predicted molar refractivity (Wildman–Crippen MR) is 70.7 cm³/mol. The lowest BCUT2D eigenvalue weighted by Crippen LogP contribution is -2.34. The summed E-state index contributed by atoms with van der Waals surface area (Å²) in [7, 11) is 0. The van der Waals surface area contributed by atoms with Crippen molar-refractivity contribution in [1.29, 1.82) is 5.26 Å². The highest BCUT2D eigenvalue weighted by Crippen LogP contribution is 2.26. The van der Waals surface area contributed by atoms with Crippen LogP contribution in [0.4, 0.5) is 5.69 Å². The molecule has 4 nitrogen and oxygen atoms in total. The van der Waals surface area contributed by atoms with Crippen molar-refractivity contribution in [2.24, 2.45) is 5.41 Å². The maximum Gasteiger partial charge on any atom is 0.311 e. The van der Waals surface area contributed by atoms with Crippen LogP contribution in [0.25, 0.3) is 0 Å². The zero-order chi connectivity index (χ0) is 13.8. The third-order valence-electron chi connectivity index (χ3n) is 3.06. The van der Waals surface area contributed by atoms with Gasteiger partial charge in [-0.25, -0.2) is 0 Å². The van der Waals surface area contributed by atoms with Gasteiger partial charge in [-0.15, -0.1) is 0 Å². The molecule has 1 aromatic carbocycles. The van der Waals surface area contributed by atoms with E-state index in [4.69, 9.17) is 22.0 Å². The highest BCUT2D eigenvalue weighted by atomic mass is 35.5. The molecule has 0 radical (unpaired) electrons. The number of carboxylic acid groups (broad SMARTS) is 1. The zero-order valence-corrected chi connectivity index (χ0v) is 11.1. The normalized spacial score (nSPS) is 13.4. The van der Waals surface area contributed by atoms with Gasteiger partial charge in [-0.3, -0.25) is 4.79 Å². The highest BCUT2D eigenvalue weighted by Gasteiger charge is 2.30. The average molecular weight is 267 g/mol. The van der Waals surface area contributed by atoms with Crippen molar-refractivity contribution in [3.05, 3.63) is 28.8 Å². The molecule has 2 N–H and O–H groups in total. The van der Waals surface area contributed by atoms with E-state index in [1.165, 1.54) is 0 Å². The maximum absolute atomic E-state index is 11.1. The molecule has 1 aromatic rings. The lowest BCUT2D eigenvalue weighted by atomic mass is 9.87. The molecule has 0 heterocycles. The SMILES string of the molecule is CCC(C)(CNc1ccc(C#N)cc1Cl)C(=O)O. The zero-order valence-electron chi connectivity index (χ0n) is 10.3. The molecule has 1 rings (SSSR count). The number of nitriles is 1. The smallest absolute Gasteiger partial charge is 0.311 e. The van der Waals surface area contributed by atoms with Crippen molar-refractivity contribution in [2.75, 3.05) is 11.9 Å². The Balaban J connectivity index is 2.81. The number of hydrogen-bond donors (Lipinski definition) is 2. The summed E-state index contributed by atoms with van der Waals surface area (Å²) in [5, 5.41) is 21.3. The third kappa shape index (κ3) is 3.14. The van der Waals surface area contributed by atoms with Gasteiger partial charge in [0.05, 0.1) is 27.8 Å². The summed E-state index contributed by atoms with van der Waals surface area (Å²) in [6, 6.07) is 6.86. The molecule has 0 bridgehead atoms. The first kappa shape index (κ1) is 14.3. The lowest BCUT2D eigenvalue weighted by molar-refractivity contribution is -0.147. The quantitative estimate of drug-likeness (QED) is 0.859. The van der Waals surface area contributed by atoms with E-state index in [9.17, 15) is 4.79 Å². The van der Waals surface area contributed by atoms with Crippen LogP contribution in [-0.2, 0) is 4.79 Å². The van der Waals surface area contributed by atoms with Crippen molar-refractivity contribution in [3.63, 3.8) is 0 Å². The average Bonchev–Trinajstić information content (AvgIpc) is 2.36. The molecule has 0 saturated carbocycles. The molecule has 5 heteroatoms. The standard InChI is InChI=1S/C13H15ClN2O2/c1-3-13(2,12(17)18)8-16-11-5-4-9(7-15)6-10(11)14/h4-6,16H,3,8H2,1-2H3,(H,17,18). The van der Waals surface area contributed by atoms with E-state index in [-0.39, 0.29) is 6.54 Å². The molecule has 1 atom stereocenters. The fourth-order valence-electron chi connectivity index (χ4n) is 1.37. The largest absolute Gasteiger partial charge is 0.481 e. The van der Waals surface area contributed by atoms with Crippen molar-refractivity contribution in [1.82, 2.24) is 0 Å². The van der Waals surface area contributed by atoms with E-state index in [1.54, 1.807) is 25.1 Å². The summed E-state index contributed by atoms with van der Waals surface area (Å²) in [5.74, 6) is -0.845. The number of anilines is 1. The van der Waals surface area contributed by atoms with Gasteiger partial charge in [0.1, 0.15) is 0 Å². The summed E-state index contributed by atoms with van der Waals surface area (Å²) >= 11 is 6.00. The van der Waals surface area contributed by atoms with Crippen LogP contribution >= 0.6 is 11.6 Å². The van der Waals surface area contributed by atoms with Gasteiger partial charge in [-0.2, -0.15) is 5.26 Å². The summed E-state index contributed by atoms with van der Waals surface area (Å²) in [6.07, 6.45) is 0.517. The lowest BCUT2D eigenvalue weighted by Gasteiger charge is -2.24. The Morgan fingerprint density at radius 2 is 2.28 bits per heavy atom. The van der Waals surface area contributed by atoms with Crippen molar-refractivity contribution >= 4 is 23.3 Å². The summed E-state index contributed by atoms with van der Waals surface area (Å²) in [6.45, 7) is 3.79. The van der Waals surface area contributed by atoms with E-state index in [0.717, 1.165) is 0 Å². The molecule has 0 aliphatic rings. The fourth-order valence-corrected chi connectivity index (χ4v) is 1.62. The van der Waals surface area contributed by atoms with E-state index < -0.39 is 11.4 Å². The van der Waals surface area contributed by atoms with Crippen molar-refractivity contribution in [2.45, 2.75) is 20.3 Å². The predicted octanol–water partition coefficient (Wildman–Crippen LogP) is 3.12. The minimum atomic E-state index is -0.845. The molecule has 0 aromatic heterocycles. The van der Waals surface area contributed by atoms with Crippen LogP contribution in [0.1, 0.15) is 25.8 Å². The number of nitrogens with zero attached hydrogens (tertiary/aromatic N) is 1. The molecule has 0 aliphatic carbocycles. The minimum absolute atomic E-state index is 0.282. The Morgan fingerprint density at radius 3 is 2.72 bits per heavy atom. The first-order valence-corrected chi connectivity index (χ1v) is 5.97. The van der Waals surface area contributed by atoms with Crippen molar-refractivity contribution < 1.29 is 9.90 Å². The van der Waals surface area contributed by atoms with Gasteiger partial charge in [0.15, 0.2) is 0 Å². The highest BCUT2D eigenvalue weighted by molar-refractivity contribution is 6.33. The van der Waals surface area contributed by atoms with Crippen LogP contribution in [-0.4, -0.2) is 17.6 Å². The summed E-state index contributed by atoms with van der Waals surface area (Å²) in [4.78, 5) is 11.1. The molecule has 96 valence electrons. The topological polar surface area (TPSA) is 73.1 Å². The molecule has 0 spiro atoms. The van der Waals surface area contributed by atoms with E-state index in [2.05, 4.69) is 5.32 Å². The number of benzene rings is 1. The van der Waals surface area contributed by atoms with Crippen LogP contribution in [0, 0.1) is 16.7 Å². The van der Waals surface area contributed by atoms with Crippen LogP contribution in [0.2, 0.25) is 5.02 Å². The van der Waals surface area contributed by atoms with Crippen LogP contribution in [0.3, 0.4) is 0 Å². The van der Waals surface area contributed by atoms with Gasteiger partial charge in [0.25, 0.3) is 0 Å². The molecule has 0 amide bonds. The van der Waals surface area contributed by atoms with Gasteiger partial charge in [0, 0.05) is 6.54 Å². The Labute approximate surface area is 111 Å². The monoisotopic (exact) mass is 266 g/mol. The van der Waals surface area contributed by atoms with Gasteiger partial charge < -0.3 is 10.4 Å². The van der Waals surface area contributed by atoms with Gasteiger partial charge in [-0.1, -0.05) is 18.5 Å². The molecular formula is C13H15ClN2O2. The second-order valence-corrected chi connectivity index (χ2v) is 4.79. The molecule has 18 heavy (non-hydrogen) atoms. The first-order valence-electron chi connectivity index (χ1n) is 5.60. The van der Waals surface area contributed by atoms with Gasteiger partial charge >= 0.3 is 5.97 Å². The van der Waals surface area contributed by atoms with Crippen LogP contribution in [0.5, 0.6) is 0 Å². The number of halogens is 1. The first-order chi connectivity index (χ1) is 8.42. The van der Waals surface area contributed by atoms with Crippen LogP contribution < -0.4 is 5.32 Å². The number of aliphatic carboxylic acids is 1. The Bertz CT molecular complexity index is 496. The van der Waals surface area contributed by atoms with E-state index >= 15 is 0 Å². The summed E-state index contributed by atoms with van der Waals surface area (Å²) in [5.41, 5.74) is 0.274. The van der Waals surface area contributed by atoms with E-state index in [0.29, 0.717) is 22.7 Å². The second kappa shape index (κ2) is 5.74. The number of rotatable bonds is 5. The molecule has 1 unspecified atom stereocenters. The molecular weight excluding hydrogens is 252 g/mol. The molecule has 0 aliphatic heterocycles. The number of hydrogen-bond acceptors (Lipinski definition) is 3. The molecule has 0 saturated heterocycles. The Morgan fingerprint density at radius 1 is 1.61 bits per heavy atom. The molecule has 0 fully saturated rings. The maximum atomic E-state index is 11.1. The van der Waals surface area contributed by atoms with Crippen LogP contribution in [0.15, 0.2) is 18.2 Å². The van der Waals surface area contributed by atoms with Crippen molar-refractivity contribution in [3.8, 4) is 6.07 Å². The Kier molecular flexibility index (Phi) is 4.57. The number of carbonyl (C=O) groups is 1. The fraction of sp³-hybridized carbons (Fsp3) is 0.385. The van der Waals surface area contributed by atoms with Gasteiger partial charge in [0.2, 0.25) is 0 Å². The summed E-state index contributed by atoms with van der Waals surface area (Å²) < 4.78 is 0. The Hall–Kier alpha value is -1.73. The number of nitrogens with one attached hydrogen (secondary N) is 1. The minimum Gasteiger partial charge on any atom is -0.481 e. The van der Waals surface area contributed by atoms with Gasteiger partial charge in [-0.05, 0) is 31.5 Å². The second-order valence-electron chi connectivity index (χ2n) is 4.38. The van der Waals surface area contributed by atoms with E-state index in [1.807, 2.05) is 13.0 Å². The third-order valence-corrected chi connectivity index (χ3v) is 3.38. The number of carboxylic acids is 1.